The van der Waals surface area contributed by atoms with E-state index in [2.05, 4.69) is 5.32 Å². The van der Waals surface area contributed by atoms with Crippen LogP contribution in [0.5, 0.6) is 0 Å². The topological polar surface area (TPSA) is 53.7 Å². The third kappa shape index (κ3) is 3.30. The normalized spacial score (nSPS) is 30.1. The first kappa shape index (κ1) is 19.6. The molecule has 2 aliphatic rings. The summed E-state index contributed by atoms with van der Waals surface area (Å²) < 4.78 is 30.8. The van der Waals surface area contributed by atoms with Gasteiger partial charge in [0, 0.05) is 43.1 Å². The van der Waals surface area contributed by atoms with E-state index in [1.807, 2.05) is 28.8 Å². The number of aliphatic hydroxyl groups is 1. The molecular weight excluding hydrogens is 386 g/mol. The highest BCUT2D eigenvalue weighted by molar-refractivity contribution is 6.18. The second-order valence-corrected chi connectivity index (χ2v) is 8.56. The number of nitrogens with one attached hydrogen (secondary N) is 1. The van der Waals surface area contributed by atoms with E-state index in [-0.39, 0.29) is 30.7 Å². The zero-order valence-electron chi connectivity index (χ0n) is 15.6. The fraction of sp³-hybridized carbons (Fsp3) is 0.571. The highest BCUT2D eigenvalue weighted by Gasteiger charge is 2.59. The van der Waals surface area contributed by atoms with Gasteiger partial charge in [-0.3, -0.25) is 4.79 Å². The van der Waals surface area contributed by atoms with Crippen LogP contribution in [0.25, 0.3) is 5.52 Å². The highest BCUT2D eigenvalue weighted by Crippen LogP contribution is 2.54. The van der Waals surface area contributed by atoms with Gasteiger partial charge >= 0.3 is 0 Å². The molecule has 2 aliphatic carbocycles. The van der Waals surface area contributed by atoms with E-state index in [4.69, 9.17) is 11.6 Å². The van der Waals surface area contributed by atoms with Gasteiger partial charge in [-0.15, -0.1) is 11.6 Å². The molecule has 1 amide bonds. The Balaban J connectivity index is 1.54. The number of hydrogen-bond acceptors (Lipinski definition) is 2. The molecule has 152 valence electrons. The van der Waals surface area contributed by atoms with Gasteiger partial charge in [-0.05, 0) is 30.5 Å². The van der Waals surface area contributed by atoms with Crippen molar-refractivity contribution in [2.24, 2.45) is 17.8 Å². The smallest absolute Gasteiger partial charge is 0.253 e. The van der Waals surface area contributed by atoms with E-state index in [1.54, 1.807) is 12.3 Å². The number of carbonyl (C=O) groups is 1. The molecule has 0 spiro atoms. The minimum atomic E-state index is -2.88. The van der Waals surface area contributed by atoms with Crippen LogP contribution in [0.4, 0.5) is 8.78 Å². The summed E-state index contributed by atoms with van der Waals surface area (Å²) in [7, 11) is 0. The second-order valence-electron chi connectivity index (χ2n) is 8.25. The summed E-state index contributed by atoms with van der Waals surface area (Å²) in [6.07, 6.45) is 5.84. The predicted octanol–water partition coefficient (Wildman–Crippen LogP) is 4.10. The molecule has 4 nitrogen and oxygen atoms in total. The lowest BCUT2D eigenvalue weighted by molar-refractivity contribution is -0.196. The number of aromatic nitrogens is 1. The van der Waals surface area contributed by atoms with Crippen LogP contribution in [0.2, 0.25) is 0 Å². The first-order valence-electron chi connectivity index (χ1n) is 9.86. The average molecular weight is 411 g/mol. The van der Waals surface area contributed by atoms with Crippen LogP contribution in [0.1, 0.15) is 42.5 Å². The van der Waals surface area contributed by atoms with Gasteiger partial charge in [-0.2, -0.15) is 0 Å². The Morgan fingerprint density at radius 3 is 2.71 bits per heavy atom. The Hall–Kier alpha value is -1.66. The fourth-order valence-corrected chi connectivity index (χ4v) is 5.35. The molecule has 2 heterocycles. The van der Waals surface area contributed by atoms with Crippen molar-refractivity contribution in [1.29, 1.82) is 0 Å². The molecular formula is C21H25ClF2N2O2. The third-order valence-electron chi connectivity index (χ3n) is 6.68. The van der Waals surface area contributed by atoms with Gasteiger partial charge in [0.2, 0.25) is 0 Å². The Labute approximate surface area is 167 Å². The number of carbonyl (C=O) groups excluding carboxylic acids is 1. The number of fused-ring (bicyclic) bond motifs is 1. The molecule has 28 heavy (non-hydrogen) atoms. The highest BCUT2D eigenvalue weighted by atomic mass is 35.5. The summed E-state index contributed by atoms with van der Waals surface area (Å²) in [5, 5.41) is 14.2. The average Bonchev–Trinajstić information content (AvgIpc) is 3.06. The van der Waals surface area contributed by atoms with E-state index < -0.39 is 29.8 Å². The lowest BCUT2D eigenvalue weighted by Crippen LogP contribution is -2.61. The molecule has 0 aliphatic heterocycles. The Kier molecular flexibility index (Phi) is 5.12. The Morgan fingerprint density at radius 2 is 2.04 bits per heavy atom. The van der Waals surface area contributed by atoms with Crippen molar-refractivity contribution in [1.82, 2.24) is 9.72 Å². The van der Waals surface area contributed by atoms with Crippen molar-refractivity contribution in [3.63, 3.8) is 0 Å². The minimum absolute atomic E-state index is 0.0344. The summed E-state index contributed by atoms with van der Waals surface area (Å²) in [4.78, 5) is 12.7. The lowest BCUT2D eigenvalue weighted by atomic mass is 9.58. The number of pyridine rings is 1. The predicted molar refractivity (Wildman–Crippen MR) is 104 cm³/mol. The largest absolute Gasteiger partial charge is 0.388 e. The van der Waals surface area contributed by atoms with E-state index >= 15 is 0 Å². The van der Waals surface area contributed by atoms with Gasteiger partial charge in [0.25, 0.3) is 11.8 Å². The molecule has 3 atom stereocenters. The summed E-state index contributed by atoms with van der Waals surface area (Å²) in [6.45, 7) is -0.0410. The maximum atomic E-state index is 14.5. The number of alkyl halides is 3. The van der Waals surface area contributed by atoms with Crippen LogP contribution in [0, 0.1) is 17.8 Å². The standard InChI is InChI=1S/C21H25ClF2N2O2/c22-12-16-18(14-4-3-5-14)20(28,8-9-21(16,23)24)13-25-19(27)15-7-11-26-10-2-1-6-17(15)26/h1-2,6-7,10-11,14,16,18,28H,3-5,8-9,12-13H2,(H,25,27). The summed E-state index contributed by atoms with van der Waals surface area (Å²) in [5.41, 5.74) is -0.104. The van der Waals surface area contributed by atoms with Crippen LogP contribution in [-0.2, 0) is 0 Å². The summed E-state index contributed by atoms with van der Waals surface area (Å²) in [5.74, 6) is -5.01. The van der Waals surface area contributed by atoms with E-state index in [1.165, 1.54) is 0 Å². The van der Waals surface area contributed by atoms with Crippen molar-refractivity contribution in [2.75, 3.05) is 12.4 Å². The van der Waals surface area contributed by atoms with Crippen molar-refractivity contribution in [3.8, 4) is 0 Å². The van der Waals surface area contributed by atoms with Crippen LogP contribution in [0.3, 0.4) is 0 Å². The fourth-order valence-electron chi connectivity index (χ4n) is 4.93. The summed E-state index contributed by atoms with van der Waals surface area (Å²) >= 11 is 5.94. The Morgan fingerprint density at radius 1 is 1.25 bits per heavy atom. The molecule has 2 N–H and O–H groups in total. The van der Waals surface area contributed by atoms with Crippen LogP contribution >= 0.6 is 11.6 Å². The van der Waals surface area contributed by atoms with Gasteiger partial charge in [0.15, 0.2) is 0 Å². The van der Waals surface area contributed by atoms with E-state index in [0.717, 1.165) is 24.8 Å². The molecule has 0 radical (unpaired) electrons. The molecule has 7 heteroatoms. The number of hydrogen-bond donors (Lipinski definition) is 2. The van der Waals surface area contributed by atoms with Gasteiger partial charge in [0.05, 0.1) is 16.7 Å². The van der Waals surface area contributed by atoms with Crippen molar-refractivity contribution in [2.45, 2.75) is 43.6 Å². The number of amides is 1. The minimum Gasteiger partial charge on any atom is -0.388 e. The Bertz CT molecular complexity index is 867. The third-order valence-corrected chi connectivity index (χ3v) is 7.01. The molecule has 2 saturated carbocycles. The molecule has 2 aromatic rings. The van der Waals surface area contributed by atoms with Crippen LogP contribution < -0.4 is 5.32 Å². The zero-order chi connectivity index (χ0) is 19.9. The lowest BCUT2D eigenvalue weighted by Gasteiger charge is -2.53. The van der Waals surface area contributed by atoms with Crippen molar-refractivity contribution >= 4 is 23.0 Å². The monoisotopic (exact) mass is 410 g/mol. The molecule has 0 aromatic carbocycles. The quantitative estimate of drug-likeness (QED) is 0.729. The van der Waals surface area contributed by atoms with Crippen molar-refractivity contribution in [3.05, 3.63) is 42.2 Å². The molecule has 2 aromatic heterocycles. The zero-order valence-corrected chi connectivity index (χ0v) is 16.3. The van der Waals surface area contributed by atoms with Crippen LogP contribution in [0.15, 0.2) is 36.7 Å². The van der Waals surface area contributed by atoms with Gasteiger partial charge in [-0.1, -0.05) is 25.3 Å². The number of nitrogens with zero attached hydrogens (tertiary/aromatic N) is 1. The first-order valence-corrected chi connectivity index (χ1v) is 10.4. The maximum absolute atomic E-state index is 14.5. The van der Waals surface area contributed by atoms with Gasteiger partial charge in [0.1, 0.15) is 0 Å². The van der Waals surface area contributed by atoms with Crippen molar-refractivity contribution < 1.29 is 18.7 Å². The van der Waals surface area contributed by atoms with Gasteiger partial charge in [-0.25, -0.2) is 8.78 Å². The maximum Gasteiger partial charge on any atom is 0.253 e. The molecule has 4 rings (SSSR count). The first-order chi connectivity index (χ1) is 13.4. The molecule has 3 unspecified atom stereocenters. The number of rotatable bonds is 5. The van der Waals surface area contributed by atoms with E-state index in [9.17, 15) is 18.7 Å². The van der Waals surface area contributed by atoms with Crippen LogP contribution in [-0.4, -0.2) is 39.4 Å². The molecule has 2 fully saturated rings. The van der Waals surface area contributed by atoms with Gasteiger partial charge < -0.3 is 14.8 Å². The van der Waals surface area contributed by atoms with E-state index in [0.29, 0.717) is 5.56 Å². The SMILES string of the molecule is O=C(NCC1(O)CCC(F)(F)C(CCl)C1C1CCC1)c1ccn2ccccc12. The summed E-state index contributed by atoms with van der Waals surface area (Å²) in [6, 6.07) is 7.27. The molecule has 0 saturated heterocycles. The second kappa shape index (κ2) is 7.30. The number of halogens is 3. The molecule has 0 bridgehead atoms.